The molecule has 0 bridgehead atoms. The Labute approximate surface area is 120 Å². The van der Waals surface area contributed by atoms with Gasteiger partial charge in [0.2, 0.25) is 0 Å². The van der Waals surface area contributed by atoms with Crippen molar-refractivity contribution in [3.63, 3.8) is 0 Å². The minimum Gasteiger partial charge on any atom is -0.507 e. The molecular weight excluding hydrogens is 254 g/mol. The molecule has 0 aliphatic carbocycles. The number of benzene rings is 1. The van der Waals surface area contributed by atoms with Crippen LogP contribution in [0.2, 0.25) is 0 Å². The molecule has 4 nitrogen and oxygen atoms in total. The highest BCUT2D eigenvalue weighted by atomic mass is 16.3. The molecule has 0 atom stereocenters. The summed E-state index contributed by atoms with van der Waals surface area (Å²) in [5.74, 6) is 0.541. The second-order valence-corrected chi connectivity index (χ2v) is 6.18. The van der Waals surface area contributed by atoms with Gasteiger partial charge in [0.15, 0.2) is 0 Å². The summed E-state index contributed by atoms with van der Waals surface area (Å²) >= 11 is 0. The maximum Gasteiger partial charge on any atom is 0.254 e. The number of rotatable bonds is 3. The van der Waals surface area contributed by atoms with Gasteiger partial charge in [-0.05, 0) is 35.1 Å². The minimum atomic E-state index is -0.398. The maximum absolute atomic E-state index is 12.4. The predicted octanol–water partition coefficient (Wildman–Crippen LogP) is 2.46. The van der Waals surface area contributed by atoms with E-state index in [1.165, 1.54) is 0 Å². The van der Waals surface area contributed by atoms with Crippen LogP contribution in [0, 0.1) is 0 Å². The fraction of sp³-hybridized carbons (Fsp3) is 0.562. The van der Waals surface area contributed by atoms with Crippen molar-refractivity contribution in [1.82, 2.24) is 4.90 Å². The number of phenols is 1. The van der Waals surface area contributed by atoms with E-state index in [2.05, 4.69) is 0 Å². The Bertz CT molecular complexity index is 487. The molecule has 20 heavy (non-hydrogen) atoms. The van der Waals surface area contributed by atoms with Crippen LogP contribution in [0.15, 0.2) is 12.1 Å². The van der Waals surface area contributed by atoms with E-state index in [1.54, 1.807) is 17.0 Å². The molecule has 1 aliphatic rings. The van der Waals surface area contributed by atoms with Crippen molar-refractivity contribution < 1.29 is 15.0 Å². The van der Waals surface area contributed by atoms with Gasteiger partial charge in [0.1, 0.15) is 5.75 Å². The molecule has 2 rings (SSSR count). The van der Waals surface area contributed by atoms with Gasteiger partial charge in [-0.25, -0.2) is 0 Å². The molecule has 0 radical (unpaired) electrons. The highest BCUT2D eigenvalue weighted by molar-refractivity contribution is 5.95. The zero-order valence-corrected chi connectivity index (χ0v) is 12.6. The van der Waals surface area contributed by atoms with Crippen LogP contribution < -0.4 is 0 Å². The summed E-state index contributed by atoms with van der Waals surface area (Å²) in [6, 6.07) is 3.55. The van der Waals surface area contributed by atoms with E-state index >= 15 is 0 Å². The number of phenolic OH excluding ortho intramolecular Hbond substituents is 1. The number of carbonyl (C=O) groups is 1. The van der Waals surface area contributed by atoms with Crippen LogP contribution >= 0.6 is 0 Å². The molecule has 1 amide bonds. The van der Waals surface area contributed by atoms with Crippen LogP contribution in [0.1, 0.15) is 61.0 Å². The van der Waals surface area contributed by atoms with Gasteiger partial charge in [0.25, 0.3) is 5.91 Å². The average molecular weight is 277 g/mol. The Hall–Kier alpha value is -1.55. The van der Waals surface area contributed by atoms with Gasteiger partial charge >= 0.3 is 0 Å². The van der Waals surface area contributed by atoms with E-state index in [9.17, 15) is 15.0 Å². The lowest BCUT2D eigenvalue weighted by atomic mass is 9.91. The van der Waals surface area contributed by atoms with Gasteiger partial charge in [-0.1, -0.05) is 27.7 Å². The summed E-state index contributed by atoms with van der Waals surface area (Å²) in [5, 5.41) is 19.6. The van der Waals surface area contributed by atoms with Crippen molar-refractivity contribution in [3.05, 3.63) is 28.8 Å². The molecule has 2 N–H and O–H groups in total. The Kier molecular flexibility index (Phi) is 4.04. The zero-order valence-electron chi connectivity index (χ0n) is 12.6. The fourth-order valence-corrected chi connectivity index (χ4v) is 2.49. The smallest absolute Gasteiger partial charge is 0.254 e. The third-order valence-corrected chi connectivity index (χ3v) is 3.81. The summed E-state index contributed by atoms with van der Waals surface area (Å²) in [6.07, 6.45) is -0.398. The standard InChI is InChI=1S/C16H23NO3/c1-9(2)13-5-11(6-14(10(3)4)15(13)19)16(20)17-7-12(18)8-17/h5-6,9-10,12,18-19H,7-8H2,1-4H3. The highest BCUT2D eigenvalue weighted by Gasteiger charge is 2.30. The van der Waals surface area contributed by atoms with Crippen molar-refractivity contribution in [1.29, 1.82) is 0 Å². The summed E-state index contributed by atoms with van der Waals surface area (Å²) in [5.41, 5.74) is 2.21. The SMILES string of the molecule is CC(C)c1cc(C(=O)N2CC(O)C2)cc(C(C)C)c1O. The third kappa shape index (κ3) is 2.66. The summed E-state index contributed by atoms with van der Waals surface area (Å²) in [6.45, 7) is 8.80. The maximum atomic E-state index is 12.4. The van der Waals surface area contributed by atoms with Crippen molar-refractivity contribution >= 4 is 5.91 Å². The second kappa shape index (κ2) is 5.44. The number of hydrogen-bond acceptors (Lipinski definition) is 3. The van der Waals surface area contributed by atoms with E-state index in [1.807, 2.05) is 27.7 Å². The number of aliphatic hydroxyl groups is 1. The van der Waals surface area contributed by atoms with Crippen LogP contribution in [0.3, 0.4) is 0 Å². The van der Waals surface area contributed by atoms with Crippen molar-refractivity contribution in [2.24, 2.45) is 0 Å². The van der Waals surface area contributed by atoms with Crippen LogP contribution in [-0.2, 0) is 0 Å². The van der Waals surface area contributed by atoms with Gasteiger partial charge < -0.3 is 15.1 Å². The first kappa shape index (κ1) is 14.9. The van der Waals surface area contributed by atoms with Crippen molar-refractivity contribution in [3.8, 4) is 5.75 Å². The van der Waals surface area contributed by atoms with Crippen LogP contribution in [0.5, 0.6) is 5.75 Å². The summed E-state index contributed by atoms with van der Waals surface area (Å²) in [4.78, 5) is 14.0. The lowest BCUT2D eigenvalue weighted by Crippen LogP contribution is -2.53. The van der Waals surface area contributed by atoms with Crippen molar-refractivity contribution in [2.75, 3.05) is 13.1 Å². The number of β-amino-alcohol motifs (C(OH)–C–C–N with tert-alkyl or cyclic N) is 1. The number of nitrogens with zero attached hydrogens (tertiary/aromatic N) is 1. The predicted molar refractivity (Wildman–Crippen MR) is 78.2 cm³/mol. The van der Waals surface area contributed by atoms with E-state index < -0.39 is 6.10 Å². The number of hydrogen-bond donors (Lipinski definition) is 2. The molecule has 1 aromatic rings. The molecule has 1 aliphatic heterocycles. The number of amides is 1. The van der Waals surface area contributed by atoms with Crippen molar-refractivity contribution in [2.45, 2.75) is 45.6 Å². The zero-order chi connectivity index (χ0) is 15.0. The fourth-order valence-electron chi connectivity index (χ4n) is 2.49. The average Bonchev–Trinajstić information content (AvgIpc) is 2.33. The molecule has 0 unspecified atom stereocenters. The van der Waals surface area contributed by atoms with Gasteiger partial charge in [-0.3, -0.25) is 4.79 Å². The molecule has 4 heteroatoms. The monoisotopic (exact) mass is 277 g/mol. The third-order valence-electron chi connectivity index (χ3n) is 3.81. The molecule has 110 valence electrons. The topological polar surface area (TPSA) is 60.8 Å². The van der Waals surface area contributed by atoms with E-state index in [4.69, 9.17) is 0 Å². The van der Waals surface area contributed by atoms with Gasteiger partial charge in [-0.2, -0.15) is 0 Å². The van der Waals surface area contributed by atoms with Gasteiger partial charge in [0, 0.05) is 18.7 Å². The summed E-state index contributed by atoms with van der Waals surface area (Å²) in [7, 11) is 0. The minimum absolute atomic E-state index is 0.0703. The molecule has 1 saturated heterocycles. The first-order chi connectivity index (χ1) is 9.31. The molecular formula is C16H23NO3. The Balaban J connectivity index is 2.40. The molecule has 1 aromatic carbocycles. The van der Waals surface area contributed by atoms with E-state index in [-0.39, 0.29) is 17.7 Å². The van der Waals surface area contributed by atoms with Crippen LogP contribution in [0.4, 0.5) is 0 Å². The molecule has 1 fully saturated rings. The first-order valence-electron chi connectivity index (χ1n) is 7.15. The lowest BCUT2D eigenvalue weighted by molar-refractivity contribution is 0.00588. The molecule has 0 spiro atoms. The van der Waals surface area contributed by atoms with Crippen LogP contribution in [-0.4, -0.2) is 40.2 Å². The molecule has 0 saturated carbocycles. The first-order valence-corrected chi connectivity index (χ1v) is 7.15. The molecule has 1 heterocycles. The van der Waals surface area contributed by atoms with E-state index in [0.717, 1.165) is 11.1 Å². The normalized spacial score (nSPS) is 15.8. The highest BCUT2D eigenvalue weighted by Crippen LogP contribution is 2.35. The number of carbonyl (C=O) groups excluding carboxylic acids is 1. The van der Waals surface area contributed by atoms with Gasteiger partial charge in [-0.15, -0.1) is 0 Å². The second-order valence-electron chi connectivity index (χ2n) is 6.18. The largest absolute Gasteiger partial charge is 0.507 e. The molecule has 0 aromatic heterocycles. The Morgan fingerprint density at radius 3 is 1.95 bits per heavy atom. The number of likely N-dealkylation sites (tertiary alicyclic amines) is 1. The van der Waals surface area contributed by atoms with Crippen LogP contribution in [0.25, 0.3) is 0 Å². The quantitative estimate of drug-likeness (QED) is 0.892. The summed E-state index contributed by atoms with van der Waals surface area (Å²) < 4.78 is 0. The Morgan fingerprint density at radius 1 is 1.15 bits per heavy atom. The van der Waals surface area contributed by atoms with Gasteiger partial charge in [0.05, 0.1) is 6.10 Å². The number of aliphatic hydroxyl groups excluding tert-OH is 1. The number of aromatic hydroxyl groups is 1. The lowest BCUT2D eigenvalue weighted by Gasteiger charge is -2.36. The van der Waals surface area contributed by atoms with E-state index in [0.29, 0.717) is 24.4 Å². The Morgan fingerprint density at radius 2 is 1.60 bits per heavy atom.